The van der Waals surface area contributed by atoms with E-state index in [4.69, 9.17) is 37.3 Å². The normalized spacial score (nSPS) is 31.9. The van der Waals surface area contributed by atoms with Crippen molar-refractivity contribution in [1.82, 2.24) is 0 Å². The molecule has 0 radical (unpaired) electrons. The summed E-state index contributed by atoms with van der Waals surface area (Å²) in [4.78, 5) is 0. The average Bonchev–Trinajstić information content (AvgIpc) is 2.91. The summed E-state index contributed by atoms with van der Waals surface area (Å²) in [6.45, 7) is 37.2. The fraction of sp³-hybridized carbons (Fsp3) is 1.00. The van der Waals surface area contributed by atoms with Gasteiger partial charge in [-0.3, -0.25) is 0 Å². The highest BCUT2D eigenvalue weighted by Crippen LogP contribution is 2.41. The van der Waals surface area contributed by atoms with E-state index >= 15 is 0 Å². The van der Waals surface area contributed by atoms with Gasteiger partial charge in [-0.25, -0.2) is 0 Å². The highest BCUT2D eigenvalue weighted by Gasteiger charge is 2.45. The minimum absolute atomic E-state index is 0.0311. The summed E-state index contributed by atoms with van der Waals surface area (Å²) in [5.41, 5.74) is 0. The first kappa shape index (κ1) is 46.4. The van der Waals surface area contributed by atoms with Crippen LogP contribution in [-0.4, -0.2) is 106 Å². The van der Waals surface area contributed by atoms with Crippen LogP contribution in [0, 0.1) is 5.92 Å². The standard InChI is InChI=1S/C40H80O10Si2/c1-27(34(41)18-19-43-51(14,15)36(2,3)4)35(42)25-32-23-30(47-39(10,11)49-32)21-28-20-29(46-38(8,9)45-28)22-31-24-33(50-40(12,13)48-31)26-44-52(16,17)37(5,6)7/h27-35,41-42H,18-26H2,1-17H3/t27-,28-,29-,30+,31+,32+,33+,34-,35+/m0/s1. The van der Waals surface area contributed by atoms with E-state index in [2.05, 4.69) is 67.7 Å². The van der Waals surface area contributed by atoms with Gasteiger partial charge in [0, 0.05) is 51.0 Å². The Bertz CT molecular complexity index is 1110. The molecule has 9 atom stereocenters. The second-order valence-corrected chi connectivity index (χ2v) is 30.1. The Morgan fingerprint density at radius 3 is 1.35 bits per heavy atom. The lowest BCUT2D eigenvalue weighted by molar-refractivity contribution is -0.336. The fourth-order valence-electron chi connectivity index (χ4n) is 7.24. The van der Waals surface area contributed by atoms with Gasteiger partial charge in [-0.1, -0.05) is 48.5 Å². The van der Waals surface area contributed by atoms with Crippen molar-refractivity contribution in [1.29, 1.82) is 0 Å². The van der Waals surface area contributed by atoms with E-state index < -0.39 is 46.2 Å². The summed E-state index contributed by atoms with van der Waals surface area (Å²) in [5.74, 6) is -2.59. The maximum Gasteiger partial charge on any atom is 0.192 e. The van der Waals surface area contributed by atoms with Gasteiger partial charge in [0.05, 0.1) is 55.4 Å². The molecule has 0 aliphatic carbocycles. The minimum Gasteiger partial charge on any atom is -0.417 e. The summed E-state index contributed by atoms with van der Waals surface area (Å²) < 4.78 is 51.4. The highest BCUT2D eigenvalue weighted by atomic mass is 28.4. The van der Waals surface area contributed by atoms with Crippen LogP contribution in [0.2, 0.25) is 36.3 Å². The van der Waals surface area contributed by atoms with E-state index in [0.29, 0.717) is 38.9 Å². The van der Waals surface area contributed by atoms with Gasteiger partial charge >= 0.3 is 0 Å². The Morgan fingerprint density at radius 2 is 0.923 bits per heavy atom. The molecule has 3 rings (SSSR count). The molecule has 12 heteroatoms. The maximum absolute atomic E-state index is 11.2. The van der Waals surface area contributed by atoms with Gasteiger partial charge in [-0.05, 0) is 84.2 Å². The van der Waals surface area contributed by atoms with Crippen molar-refractivity contribution in [3.8, 4) is 0 Å². The van der Waals surface area contributed by atoms with Crippen molar-refractivity contribution >= 4 is 16.6 Å². The first-order valence-corrected chi connectivity index (χ1v) is 25.9. The number of aliphatic hydroxyl groups is 2. The Hall–Kier alpha value is 0.0338. The van der Waals surface area contributed by atoms with Crippen molar-refractivity contribution in [2.24, 2.45) is 5.92 Å². The SMILES string of the molecule is C[C@H]([C@H](O)C[C@H]1C[C@@H](C[C@@H]2C[C@@H](C[C@@H]3C[C@H](CO[Si](C)(C)C(C)(C)C)OC(C)(C)O3)OC(C)(C)O2)OC(C)(C)O1)[C@@H](O)CCO[Si](C)(C)C(C)(C)C. The number of ether oxygens (including phenoxy) is 6. The number of rotatable bonds is 15. The Kier molecular flexibility index (Phi) is 15.4. The number of hydrogen-bond acceptors (Lipinski definition) is 10. The molecule has 10 nitrogen and oxygen atoms in total. The maximum atomic E-state index is 11.2. The Labute approximate surface area is 319 Å². The molecule has 0 spiro atoms. The van der Waals surface area contributed by atoms with Crippen LogP contribution in [0.5, 0.6) is 0 Å². The molecule has 3 aliphatic rings. The smallest absolute Gasteiger partial charge is 0.192 e. The monoisotopic (exact) mass is 777 g/mol. The predicted molar refractivity (Wildman–Crippen MR) is 211 cm³/mol. The van der Waals surface area contributed by atoms with Crippen molar-refractivity contribution in [2.45, 2.75) is 237 Å². The zero-order valence-corrected chi connectivity index (χ0v) is 38.2. The fourth-order valence-corrected chi connectivity index (χ4v) is 9.34. The molecule has 0 unspecified atom stereocenters. The van der Waals surface area contributed by atoms with Crippen molar-refractivity contribution in [2.75, 3.05) is 13.2 Å². The lowest BCUT2D eigenvalue weighted by atomic mass is 9.89. The second-order valence-electron chi connectivity index (χ2n) is 20.5. The average molecular weight is 777 g/mol. The molecule has 3 heterocycles. The topological polar surface area (TPSA) is 114 Å². The lowest BCUT2D eigenvalue weighted by Crippen LogP contribution is -2.52. The van der Waals surface area contributed by atoms with Gasteiger partial charge < -0.3 is 47.5 Å². The van der Waals surface area contributed by atoms with Crippen LogP contribution in [0.15, 0.2) is 0 Å². The summed E-state index contributed by atoms with van der Waals surface area (Å²) in [7, 11) is -3.81. The second kappa shape index (κ2) is 17.3. The van der Waals surface area contributed by atoms with Crippen molar-refractivity contribution < 1.29 is 47.5 Å². The third-order valence-electron chi connectivity index (χ3n) is 12.2. The lowest BCUT2D eigenvalue weighted by Gasteiger charge is -2.47. The van der Waals surface area contributed by atoms with Crippen LogP contribution in [0.1, 0.15) is 135 Å². The number of hydrogen-bond donors (Lipinski definition) is 2. The molecule has 52 heavy (non-hydrogen) atoms. The largest absolute Gasteiger partial charge is 0.417 e. The van der Waals surface area contributed by atoms with E-state index in [1.807, 2.05) is 48.5 Å². The Morgan fingerprint density at radius 1 is 0.577 bits per heavy atom. The van der Waals surface area contributed by atoms with Crippen LogP contribution >= 0.6 is 0 Å². The summed E-state index contributed by atoms with van der Waals surface area (Å²) in [6, 6.07) is 0. The Balaban J connectivity index is 1.58. The molecular formula is C40H80O10Si2. The summed E-state index contributed by atoms with van der Waals surface area (Å²) in [6.07, 6.45) is 2.54. The van der Waals surface area contributed by atoms with Gasteiger partial charge in [-0.2, -0.15) is 0 Å². The molecule has 0 bridgehead atoms. The third kappa shape index (κ3) is 13.9. The first-order chi connectivity index (χ1) is 23.4. The van der Waals surface area contributed by atoms with Gasteiger partial charge in [-0.15, -0.1) is 0 Å². The first-order valence-electron chi connectivity index (χ1n) is 20.1. The summed E-state index contributed by atoms with van der Waals surface area (Å²) in [5, 5.41) is 22.5. The van der Waals surface area contributed by atoms with Gasteiger partial charge in [0.25, 0.3) is 0 Å². The van der Waals surface area contributed by atoms with E-state index in [1.54, 1.807) is 0 Å². The molecule has 0 aromatic carbocycles. The van der Waals surface area contributed by atoms with Crippen molar-refractivity contribution in [3.63, 3.8) is 0 Å². The van der Waals surface area contributed by atoms with Gasteiger partial charge in [0.15, 0.2) is 34.0 Å². The van der Waals surface area contributed by atoms with Crippen LogP contribution in [0.3, 0.4) is 0 Å². The minimum atomic E-state index is -1.91. The van der Waals surface area contributed by atoms with E-state index in [0.717, 1.165) is 19.3 Å². The van der Waals surface area contributed by atoms with Gasteiger partial charge in [0.2, 0.25) is 0 Å². The van der Waals surface area contributed by atoms with Crippen LogP contribution in [0.25, 0.3) is 0 Å². The quantitative estimate of drug-likeness (QED) is 0.157. The molecule has 2 N–H and O–H groups in total. The molecule has 3 aliphatic heterocycles. The summed E-state index contributed by atoms with van der Waals surface area (Å²) >= 11 is 0. The molecule has 0 aromatic heterocycles. The molecule has 0 saturated carbocycles. The zero-order valence-electron chi connectivity index (χ0n) is 36.2. The number of aliphatic hydroxyl groups excluding tert-OH is 2. The molecule has 3 fully saturated rings. The van der Waals surface area contributed by atoms with Crippen molar-refractivity contribution in [3.05, 3.63) is 0 Å². The molecule has 0 amide bonds. The van der Waals surface area contributed by atoms with Crippen LogP contribution < -0.4 is 0 Å². The highest BCUT2D eigenvalue weighted by molar-refractivity contribution is 6.74. The van der Waals surface area contributed by atoms with E-state index in [-0.39, 0.29) is 52.6 Å². The zero-order chi connectivity index (χ0) is 39.7. The van der Waals surface area contributed by atoms with E-state index in [9.17, 15) is 10.2 Å². The van der Waals surface area contributed by atoms with Gasteiger partial charge in [0.1, 0.15) is 0 Å². The third-order valence-corrected chi connectivity index (χ3v) is 21.2. The molecule has 0 aromatic rings. The van der Waals surface area contributed by atoms with Crippen LogP contribution in [-0.2, 0) is 37.3 Å². The van der Waals surface area contributed by atoms with E-state index in [1.165, 1.54) is 0 Å². The molecular weight excluding hydrogens is 697 g/mol. The molecule has 3 saturated heterocycles. The predicted octanol–water partition coefficient (Wildman–Crippen LogP) is 8.68. The van der Waals surface area contributed by atoms with Crippen LogP contribution in [0.4, 0.5) is 0 Å². The molecule has 308 valence electrons.